The molecular weight excluding hydrogens is 256 g/mol. The molecule has 0 unspecified atom stereocenters. The van der Waals surface area contributed by atoms with Gasteiger partial charge in [0, 0.05) is 15.6 Å². The van der Waals surface area contributed by atoms with Crippen LogP contribution in [0.5, 0.6) is 0 Å². The number of benzene rings is 1. The lowest BCUT2D eigenvalue weighted by molar-refractivity contribution is 0.980. The minimum absolute atomic E-state index is 0.248. The highest BCUT2D eigenvalue weighted by Crippen LogP contribution is 2.41. The second-order valence-corrected chi connectivity index (χ2v) is 4.81. The number of nitrogens with zero attached hydrogens (tertiary/aromatic N) is 1. The summed E-state index contributed by atoms with van der Waals surface area (Å²) in [6.45, 7) is 0. The van der Waals surface area contributed by atoms with E-state index in [1.54, 1.807) is 0 Å². The Balaban J connectivity index is 2.38. The Morgan fingerprint density at radius 1 is 1.40 bits per heavy atom. The van der Waals surface area contributed by atoms with Crippen molar-refractivity contribution in [2.45, 2.75) is 18.8 Å². The van der Waals surface area contributed by atoms with Gasteiger partial charge in [0.1, 0.15) is 0 Å². The molecule has 0 atom stereocenters. The standard InChI is InChI=1S/C11H9BrN2O/c12-7-3-4-8-9(5-7)13-11(15)14-10(8)6-1-2-6/h3-6H,1-2H2,(H,13,14,15). The van der Waals surface area contributed by atoms with E-state index in [0.29, 0.717) is 5.92 Å². The van der Waals surface area contributed by atoms with Crippen molar-refractivity contribution in [1.29, 1.82) is 0 Å². The Morgan fingerprint density at radius 2 is 2.20 bits per heavy atom. The Kier molecular flexibility index (Phi) is 1.92. The summed E-state index contributed by atoms with van der Waals surface area (Å²) < 4.78 is 0.954. The third kappa shape index (κ3) is 1.59. The van der Waals surface area contributed by atoms with Crippen molar-refractivity contribution in [2.75, 3.05) is 0 Å². The summed E-state index contributed by atoms with van der Waals surface area (Å²) >= 11 is 3.38. The molecule has 1 heterocycles. The number of hydrogen-bond donors (Lipinski definition) is 1. The highest BCUT2D eigenvalue weighted by atomic mass is 79.9. The minimum Gasteiger partial charge on any atom is -0.309 e. The average Bonchev–Trinajstić information content (AvgIpc) is 2.98. The lowest BCUT2D eigenvalue weighted by Gasteiger charge is -2.03. The van der Waals surface area contributed by atoms with Crippen molar-refractivity contribution >= 4 is 26.8 Å². The Bertz CT molecular complexity index is 587. The van der Waals surface area contributed by atoms with Crippen LogP contribution in [-0.4, -0.2) is 9.97 Å². The fraction of sp³-hybridized carbons (Fsp3) is 0.273. The summed E-state index contributed by atoms with van der Waals surface area (Å²) in [5, 5.41) is 1.07. The molecule has 0 bridgehead atoms. The molecule has 1 saturated carbocycles. The molecule has 1 fully saturated rings. The van der Waals surface area contributed by atoms with Crippen LogP contribution in [0.3, 0.4) is 0 Å². The smallest absolute Gasteiger partial charge is 0.309 e. The Morgan fingerprint density at radius 3 is 2.93 bits per heavy atom. The zero-order valence-corrected chi connectivity index (χ0v) is 9.54. The van der Waals surface area contributed by atoms with E-state index in [9.17, 15) is 4.79 Å². The molecule has 3 rings (SSSR count). The molecule has 0 aliphatic heterocycles. The molecule has 1 N–H and O–H groups in total. The molecule has 2 aromatic rings. The number of aromatic nitrogens is 2. The summed E-state index contributed by atoms with van der Waals surface area (Å²) in [6, 6.07) is 5.88. The molecule has 76 valence electrons. The second-order valence-electron chi connectivity index (χ2n) is 3.89. The highest BCUT2D eigenvalue weighted by Gasteiger charge is 2.26. The molecule has 0 saturated heterocycles. The van der Waals surface area contributed by atoms with Gasteiger partial charge in [-0.05, 0) is 37.0 Å². The van der Waals surface area contributed by atoms with Crippen LogP contribution in [0, 0.1) is 0 Å². The van der Waals surface area contributed by atoms with Gasteiger partial charge >= 0.3 is 5.69 Å². The SMILES string of the molecule is O=c1nc2cc(Br)ccc2c(C2CC2)[nH]1. The summed E-state index contributed by atoms with van der Waals surface area (Å²) in [4.78, 5) is 18.2. The summed E-state index contributed by atoms with van der Waals surface area (Å²) in [6.07, 6.45) is 2.34. The third-order valence-electron chi connectivity index (χ3n) is 2.70. The summed E-state index contributed by atoms with van der Waals surface area (Å²) in [5.74, 6) is 0.532. The topological polar surface area (TPSA) is 45.8 Å². The summed E-state index contributed by atoms with van der Waals surface area (Å²) in [5.41, 5.74) is 1.58. The van der Waals surface area contributed by atoms with Gasteiger partial charge in [0.25, 0.3) is 0 Å². The normalized spacial score (nSPS) is 15.8. The maximum atomic E-state index is 11.4. The van der Waals surface area contributed by atoms with Gasteiger partial charge in [0.05, 0.1) is 5.52 Å². The van der Waals surface area contributed by atoms with Gasteiger partial charge in [-0.3, -0.25) is 0 Å². The fourth-order valence-electron chi connectivity index (χ4n) is 1.84. The van der Waals surface area contributed by atoms with Crippen molar-refractivity contribution in [3.05, 3.63) is 38.9 Å². The van der Waals surface area contributed by atoms with Crippen LogP contribution < -0.4 is 5.69 Å². The van der Waals surface area contributed by atoms with E-state index in [1.165, 1.54) is 12.8 Å². The maximum Gasteiger partial charge on any atom is 0.345 e. The predicted molar refractivity (Wildman–Crippen MR) is 62.0 cm³/mol. The zero-order chi connectivity index (χ0) is 10.4. The molecular formula is C11H9BrN2O. The van der Waals surface area contributed by atoms with Crippen LogP contribution in [0.25, 0.3) is 10.9 Å². The predicted octanol–water partition coefficient (Wildman–Crippen LogP) is 2.56. The van der Waals surface area contributed by atoms with Crippen LogP contribution in [-0.2, 0) is 0 Å². The van der Waals surface area contributed by atoms with Gasteiger partial charge in [0.15, 0.2) is 0 Å². The zero-order valence-electron chi connectivity index (χ0n) is 7.96. The van der Waals surface area contributed by atoms with E-state index in [1.807, 2.05) is 18.2 Å². The molecule has 1 aliphatic rings. The number of halogens is 1. The monoisotopic (exact) mass is 264 g/mol. The van der Waals surface area contributed by atoms with Crippen molar-refractivity contribution in [3.63, 3.8) is 0 Å². The Hall–Kier alpha value is -1.16. The number of rotatable bonds is 1. The quantitative estimate of drug-likeness (QED) is 0.861. The number of hydrogen-bond acceptors (Lipinski definition) is 2. The third-order valence-corrected chi connectivity index (χ3v) is 3.19. The van der Waals surface area contributed by atoms with Gasteiger partial charge in [0.2, 0.25) is 0 Å². The molecule has 0 spiro atoms. The first-order valence-corrected chi connectivity index (χ1v) is 5.73. The van der Waals surface area contributed by atoms with Crippen molar-refractivity contribution < 1.29 is 0 Å². The number of nitrogens with one attached hydrogen (secondary N) is 1. The molecule has 3 nitrogen and oxygen atoms in total. The first-order chi connectivity index (χ1) is 7.24. The molecule has 1 aliphatic carbocycles. The van der Waals surface area contributed by atoms with E-state index in [-0.39, 0.29) is 5.69 Å². The molecule has 4 heteroatoms. The maximum absolute atomic E-state index is 11.4. The van der Waals surface area contributed by atoms with Crippen molar-refractivity contribution in [1.82, 2.24) is 9.97 Å². The highest BCUT2D eigenvalue weighted by molar-refractivity contribution is 9.10. The van der Waals surface area contributed by atoms with E-state index in [0.717, 1.165) is 21.1 Å². The van der Waals surface area contributed by atoms with E-state index < -0.39 is 0 Å². The largest absolute Gasteiger partial charge is 0.345 e. The number of fused-ring (bicyclic) bond motifs is 1. The molecule has 0 radical (unpaired) electrons. The van der Waals surface area contributed by atoms with Crippen LogP contribution in [0.1, 0.15) is 24.5 Å². The van der Waals surface area contributed by atoms with Gasteiger partial charge in [-0.15, -0.1) is 0 Å². The first kappa shape index (κ1) is 9.09. The van der Waals surface area contributed by atoms with Crippen molar-refractivity contribution in [2.24, 2.45) is 0 Å². The van der Waals surface area contributed by atoms with Crippen LogP contribution >= 0.6 is 15.9 Å². The molecule has 15 heavy (non-hydrogen) atoms. The first-order valence-electron chi connectivity index (χ1n) is 4.93. The van der Waals surface area contributed by atoms with E-state index >= 15 is 0 Å². The molecule has 1 aromatic carbocycles. The molecule has 0 amide bonds. The lowest BCUT2D eigenvalue weighted by atomic mass is 10.1. The van der Waals surface area contributed by atoms with Crippen LogP contribution in [0.4, 0.5) is 0 Å². The van der Waals surface area contributed by atoms with E-state index in [4.69, 9.17) is 0 Å². The van der Waals surface area contributed by atoms with Gasteiger partial charge in [-0.1, -0.05) is 15.9 Å². The van der Waals surface area contributed by atoms with Gasteiger partial charge < -0.3 is 4.98 Å². The number of H-pyrrole nitrogens is 1. The average molecular weight is 265 g/mol. The second kappa shape index (κ2) is 3.17. The van der Waals surface area contributed by atoms with Crippen LogP contribution in [0.15, 0.2) is 27.5 Å². The summed E-state index contributed by atoms with van der Waals surface area (Å²) in [7, 11) is 0. The Labute approximate surface area is 94.7 Å². The molecule has 1 aromatic heterocycles. The lowest BCUT2D eigenvalue weighted by Crippen LogP contribution is -2.12. The minimum atomic E-state index is -0.248. The fourth-order valence-corrected chi connectivity index (χ4v) is 2.19. The van der Waals surface area contributed by atoms with Crippen molar-refractivity contribution in [3.8, 4) is 0 Å². The number of aromatic amines is 1. The van der Waals surface area contributed by atoms with Gasteiger partial charge in [-0.25, -0.2) is 4.79 Å². The van der Waals surface area contributed by atoms with Gasteiger partial charge in [-0.2, -0.15) is 4.98 Å². The van der Waals surface area contributed by atoms with E-state index in [2.05, 4.69) is 25.9 Å². The van der Waals surface area contributed by atoms with Crippen LogP contribution in [0.2, 0.25) is 0 Å².